The zero-order chi connectivity index (χ0) is 17.8. The molecule has 135 valence electrons. The molecule has 1 heterocycles. The zero-order valence-electron chi connectivity index (χ0n) is 15.4. The van der Waals surface area contributed by atoms with E-state index in [9.17, 15) is 0 Å². The van der Waals surface area contributed by atoms with Crippen molar-refractivity contribution in [1.29, 1.82) is 0 Å². The van der Waals surface area contributed by atoms with Gasteiger partial charge in [-0.15, -0.1) is 29.7 Å². The van der Waals surface area contributed by atoms with Gasteiger partial charge in [0.15, 0.2) is 5.89 Å². The Hall–Kier alpha value is -2.48. The third kappa shape index (κ3) is 2.70. The van der Waals surface area contributed by atoms with Gasteiger partial charge < -0.3 is 4.42 Å². The fraction of sp³-hybridized carbons (Fsp3) is 0.125. The maximum Gasteiger partial charge on any atom is 0.181 e. The van der Waals surface area contributed by atoms with Gasteiger partial charge in [-0.2, -0.15) is 0 Å². The van der Waals surface area contributed by atoms with E-state index in [0.717, 1.165) is 27.3 Å². The zero-order valence-corrected chi connectivity index (χ0v) is 17.8. The molecule has 0 atom stereocenters. The van der Waals surface area contributed by atoms with Gasteiger partial charge in [-0.3, -0.25) is 4.98 Å². The summed E-state index contributed by atoms with van der Waals surface area (Å²) in [5.41, 5.74) is 6.85. The van der Waals surface area contributed by atoms with Crippen molar-refractivity contribution in [2.45, 2.75) is 20.8 Å². The van der Waals surface area contributed by atoms with E-state index in [1.54, 1.807) is 0 Å². The van der Waals surface area contributed by atoms with Crippen LogP contribution in [0.5, 0.6) is 0 Å². The fourth-order valence-electron chi connectivity index (χ4n) is 4.03. The number of hydrogen-bond donors (Lipinski definition) is 0. The van der Waals surface area contributed by atoms with Crippen molar-refractivity contribution in [3.63, 3.8) is 0 Å². The van der Waals surface area contributed by atoms with Gasteiger partial charge in [0, 0.05) is 37.9 Å². The number of benzene rings is 4. The van der Waals surface area contributed by atoms with Gasteiger partial charge in [-0.1, -0.05) is 41.8 Å². The van der Waals surface area contributed by atoms with Crippen LogP contribution in [0.2, 0.25) is 0 Å². The maximum atomic E-state index is 5.95. The second kappa shape index (κ2) is 6.60. The molecule has 0 saturated heterocycles. The van der Waals surface area contributed by atoms with Crippen molar-refractivity contribution in [1.82, 2.24) is 4.98 Å². The van der Waals surface area contributed by atoms with Crippen molar-refractivity contribution < 1.29 is 24.5 Å². The second-order valence-electron chi connectivity index (χ2n) is 6.90. The molecule has 0 aliphatic rings. The summed E-state index contributed by atoms with van der Waals surface area (Å²) in [5.74, 6) is 0.685. The third-order valence-electron chi connectivity index (χ3n) is 5.15. The van der Waals surface area contributed by atoms with Crippen LogP contribution >= 0.6 is 0 Å². The Labute approximate surface area is 171 Å². The molecule has 0 saturated carbocycles. The van der Waals surface area contributed by atoms with E-state index >= 15 is 0 Å². The SMILES string of the molecule is Cc1nc2c3[c-]cccc3c3cc(-c4c(C)cccc4C)ccc3c2o1.[Ir]. The van der Waals surface area contributed by atoms with Gasteiger partial charge in [0.25, 0.3) is 0 Å². The molecule has 0 aliphatic heterocycles. The van der Waals surface area contributed by atoms with Crippen molar-refractivity contribution >= 4 is 32.6 Å². The molecule has 0 fully saturated rings. The Kier molecular flexibility index (Phi) is 4.38. The van der Waals surface area contributed by atoms with Crippen molar-refractivity contribution in [2.75, 3.05) is 0 Å². The van der Waals surface area contributed by atoms with E-state index in [2.05, 4.69) is 67.4 Å². The number of fused-ring (bicyclic) bond motifs is 6. The summed E-state index contributed by atoms with van der Waals surface area (Å²) in [6.45, 7) is 6.23. The molecule has 0 aliphatic carbocycles. The first-order valence-corrected chi connectivity index (χ1v) is 8.83. The molecule has 0 N–H and O–H groups in total. The molecular weight excluding hydrogens is 510 g/mol. The first kappa shape index (κ1) is 17.9. The molecule has 5 aromatic rings. The number of aryl methyl sites for hydroxylation is 3. The Balaban J connectivity index is 0.00000180. The molecule has 2 nitrogen and oxygen atoms in total. The Morgan fingerprint density at radius 1 is 0.852 bits per heavy atom. The minimum atomic E-state index is 0. The number of aromatic nitrogens is 1. The number of hydrogen-bond acceptors (Lipinski definition) is 2. The van der Waals surface area contributed by atoms with Gasteiger partial charge in [-0.25, -0.2) is 0 Å². The number of rotatable bonds is 1. The van der Waals surface area contributed by atoms with Gasteiger partial charge in [-0.05, 0) is 41.5 Å². The van der Waals surface area contributed by atoms with Crippen LogP contribution in [0.15, 0.2) is 59.0 Å². The van der Waals surface area contributed by atoms with Crippen LogP contribution in [0.3, 0.4) is 0 Å². The fourth-order valence-corrected chi connectivity index (χ4v) is 4.03. The smallest absolute Gasteiger partial charge is 0.181 e. The van der Waals surface area contributed by atoms with Gasteiger partial charge in [0.2, 0.25) is 0 Å². The van der Waals surface area contributed by atoms with E-state index in [0.29, 0.717) is 5.89 Å². The van der Waals surface area contributed by atoms with Crippen LogP contribution < -0.4 is 0 Å². The molecule has 3 heteroatoms. The minimum Gasteiger partial charge on any atom is -0.451 e. The molecule has 0 unspecified atom stereocenters. The molecule has 0 amide bonds. The molecular formula is C24H18IrNO-. The van der Waals surface area contributed by atoms with E-state index in [4.69, 9.17) is 4.42 Å². The number of oxazole rings is 1. The largest absolute Gasteiger partial charge is 0.451 e. The molecule has 0 bridgehead atoms. The van der Waals surface area contributed by atoms with E-state index in [1.165, 1.54) is 27.6 Å². The molecule has 1 radical (unpaired) electrons. The van der Waals surface area contributed by atoms with E-state index in [1.807, 2.05) is 19.1 Å². The average molecular weight is 529 g/mol. The van der Waals surface area contributed by atoms with Crippen LogP contribution in [0.25, 0.3) is 43.8 Å². The molecule has 4 aromatic carbocycles. The van der Waals surface area contributed by atoms with E-state index < -0.39 is 0 Å². The first-order chi connectivity index (χ1) is 12.6. The van der Waals surface area contributed by atoms with Crippen LogP contribution in [0.1, 0.15) is 17.0 Å². The summed E-state index contributed by atoms with van der Waals surface area (Å²) >= 11 is 0. The van der Waals surface area contributed by atoms with E-state index in [-0.39, 0.29) is 20.1 Å². The van der Waals surface area contributed by atoms with Gasteiger partial charge >= 0.3 is 0 Å². The normalized spacial score (nSPS) is 11.2. The third-order valence-corrected chi connectivity index (χ3v) is 5.15. The predicted molar refractivity (Wildman–Crippen MR) is 108 cm³/mol. The van der Waals surface area contributed by atoms with Gasteiger partial charge in [0.1, 0.15) is 5.58 Å². The van der Waals surface area contributed by atoms with Crippen LogP contribution in [0.4, 0.5) is 0 Å². The maximum absolute atomic E-state index is 5.95. The summed E-state index contributed by atoms with van der Waals surface area (Å²) in [7, 11) is 0. The van der Waals surface area contributed by atoms with Crippen LogP contribution in [-0.4, -0.2) is 4.98 Å². The molecule has 1 aromatic heterocycles. The average Bonchev–Trinajstić information content (AvgIpc) is 3.03. The molecule has 27 heavy (non-hydrogen) atoms. The summed E-state index contributed by atoms with van der Waals surface area (Å²) < 4.78 is 5.95. The molecule has 5 rings (SSSR count). The van der Waals surface area contributed by atoms with Crippen molar-refractivity contribution in [3.8, 4) is 11.1 Å². The first-order valence-electron chi connectivity index (χ1n) is 8.83. The Morgan fingerprint density at radius 2 is 1.63 bits per heavy atom. The van der Waals surface area contributed by atoms with Gasteiger partial charge in [0.05, 0.1) is 0 Å². The summed E-state index contributed by atoms with van der Waals surface area (Å²) in [4.78, 5) is 4.60. The summed E-state index contributed by atoms with van der Waals surface area (Å²) in [5, 5.41) is 4.46. The monoisotopic (exact) mass is 529 g/mol. The Morgan fingerprint density at radius 3 is 2.41 bits per heavy atom. The summed E-state index contributed by atoms with van der Waals surface area (Å²) in [6, 6.07) is 22.5. The second-order valence-corrected chi connectivity index (χ2v) is 6.90. The van der Waals surface area contributed by atoms with Crippen molar-refractivity contribution in [2.24, 2.45) is 0 Å². The van der Waals surface area contributed by atoms with Crippen LogP contribution in [-0.2, 0) is 20.1 Å². The van der Waals surface area contributed by atoms with Crippen molar-refractivity contribution in [3.05, 3.63) is 77.7 Å². The quantitative estimate of drug-likeness (QED) is 0.183. The Bertz CT molecular complexity index is 1300. The minimum absolute atomic E-state index is 0. The topological polar surface area (TPSA) is 26.0 Å². The predicted octanol–water partition coefficient (Wildman–Crippen LogP) is 6.52. The number of nitrogens with zero attached hydrogens (tertiary/aromatic N) is 1. The van der Waals surface area contributed by atoms with Crippen LogP contribution in [0, 0.1) is 26.8 Å². The molecule has 0 spiro atoms. The summed E-state index contributed by atoms with van der Waals surface area (Å²) in [6.07, 6.45) is 0. The standard InChI is InChI=1S/C24H18NO.Ir/c1-14-7-6-8-15(2)22(14)17-11-12-20-21(13-17)18-9-4-5-10-19(18)23-24(20)26-16(3)25-23;/h4-9,11-13H,1-3H3;/q-1;.